The highest BCUT2D eigenvalue weighted by Gasteiger charge is 2.04. The summed E-state index contributed by atoms with van der Waals surface area (Å²) >= 11 is 3.10. The molecular formula is C9H8BrFO. The van der Waals surface area contributed by atoms with E-state index in [1.54, 1.807) is 12.1 Å². The van der Waals surface area contributed by atoms with E-state index in [4.69, 9.17) is 4.74 Å². The summed E-state index contributed by atoms with van der Waals surface area (Å²) in [6, 6.07) is 4.62. The zero-order valence-electron chi connectivity index (χ0n) is 6.60. The van der Waals surface area contributed by atoms with Crippen molar-refractivity contribution in [2.75, 3.05) is 7.11 Å². The van der Waals surface area contributed by atoms with Crippen LogP contribution in [0.5, 0.6) is 5.75 Å². The van der Waals surface area contributed by atoms with Gasteiger partial charge in [-0.1, -0.05) is 22.5 Å². The minimum Gasteiger partial charge on any atom is -0.497 e. The number of benzene rings is 1. The zero-order valence-corrected chi connectivity index (χ0v) is 8.19. The Kier molecular flexibility index (Phi) is 2.87. The van der Waals surface area contributed by atoms with Gasteiger partial charge in [0.15, 0.2) is 0 Å². The van der Waals surface area contributed by atoms with Crippen LogP contribution in [0.3, 0.4) is 0 Å². The summed E-state index contributed by atoms with van der Waals surface area (Å²) < 4.78 is 18.5. The maximum Gasteiger partial charge on any atom is 0.135 e. The summed E-state index contributed by atoms with van der Waals surface area (Å²) in [5.74, 6) is 0.168. The van der Waals surface area contributed by atoms with Gasteiger partial charge in [-0.05, 0) is 12.1 Å². The van der Waals surface area contributed by atoms with Gasteiger partial charge in [-0.15, -0.1) is 0 Å². The van der Waals surface area contributed by atoms with E-state index in [0.717, 1.165) is 0 Å². The van der Waals surface area contributed by atoms with Gasteiger partial charge in [-0.3, -0.25) is 0 Å². The topological polar surface area (TPSA) is 9.23 Å². The quantitative estimate of drug-likeness (QED) is 0.759. The van der Waals surface area contributed by atoms with E-state index in [1.165, 1.54) is 13.2 Å². The predicted octanol–water partition coefficient (Wildman–Crippen LogP) is 3.20. The van der Waals surface area contributed by atoms with Crippen LogP contribution in [0.25, 0.3) is 4.48 Å². The molecule has 64 valence electrons. The van der Waals surface area contributed by atoms with Gasteiger partial charge in [-0.2, -0.15) is 0 Å². The van der Waals surface area contributed by atoms with Crippen LogP contribution in [-0.4, -0.2) is 7.11 Å². The fourth-order valence-electron chi connectivity index (χ4n) is 0.843. The van der Waals surface area contributed by atoms with Crippen LogP contribution in [0.2, 0.25) is 0 Å². The van der Waals surface area contributed by atoms with Crippen molar-refractivity contribution in [3.8, 4) is 5.75 Å². The van der Waals surface area contributed by atoms with E-state index in [-0.39, 0.29) is 5.82 Å². The highest BCUT2D eigenvalue weighted by molar-refractivity contribution is 9.15. The molecule has 0 radical (unpaired) electrons. The third kappa shape index (κ3) is 1.85. The van der Waals surface area contributed by atoms with Gasteiger partial charge in [0.1, 0.15) is 11.6 Å². The smallest absolute Gasteiger partial charge is 0.135 e. The van der Waals surface area contributed by atoms with Crippen molar-refractivity contribution < 1.29 is 9.13 Å². The van der Waals surface area contributed by atoms with Gasteiger partial charge in [0.2, 0.25) is 0 Å². The SMILES string of the molecule is C=C(Br)c1ccc(OC)cc1F. The maximum absolute atomic E-state index is 13.1. The first-order valence-electron chi connectivity index (χ1n) is 3.33. The van der Waals surface area contributed by atoms with E-state index in [0.29, 0.717) is 15.8 Å². The van der Waals surface area contributed by atoms with E-state index in [1.807, 2.05) is 0 Å². The molecule has 0 unspecified atom stereocenters. The predicted molar refractivity (Wildman–Crippen MR) is 50.9 cm³/mol. The highest BCUT2D eigenvalue weighted by Crippen LogP contribution is 2.24. The molecule has 0 saturated carbocycles. The zero-order chi connectivity index (χ0) is 9.14. The van der Waals surface area contributed by atoms with Crippen LogP contribution in [0, 0.1) is 5.82 Å². The Morgan fingerprint density at radius 3 is 2.67 bits per heavy atom. The molecular weight excluding hydrogens is 223 g/mol. The molecule has 1 rings (SSSR count). The Balaban J connectivity index is 3.12. The second-order valence-electron chi connectivity index (χ2n) is 2.25. The maximum atomic E-state index is 13.1. The lowest BCUT2D eigenvalue weighted by atomic mass is 10.2. The van der Waals surface area contributed by atoms with Crippen molar-refractivity contribution in [3.63, 3.8) is 0 Å². The Morgan fingerprint density at radius 2 is 2.25 bits per heavy atom. The van der Waals surface area contributed by atoms with Crippen LogP contribution in [-0.2, 0) is 0 Å². The van der Waals surface area contributed by atoms with E-state index < -0.39 is 0 Å². The molecule has 0 aliphatic rings. The van der Waals surface area contributed by atoms with Crippen molar-refractivity contribution in [2.45, 2.75) is 0 Å². The molecule has 0 aliphatic heterocycles. The molecule has 0 spiro atoms. The molecule has 12 heavy (non-hydrogen) atoms. The Morgan fingerprint density at radius 1 is 1.58 bits per heavy atom. The van der Waals surface area contributed by atoms with Crippen molar-refractivity contribution in [2.24, 2.45) is 0 Å². The first kappa shape index (κ1) is 9.26. The highest BCUT2D eigenvalue weighted by atomic mass is 79.9. The van der Waals surface area contributed by atoms with Crippen LogP contribution in [0.4, 0.5) is 4.39 Å². The number of hydrogen-bond acceptors (Lipinski definition) is 1. The molecule has 0 heterocycles. The molecule has 1 nitrogen and oxygen atoms in total. The average Bonchev–Trinajstić information content (AvgIpc) is 2.03. The standard InChI is InChI=1S/C9H8BrFO/c1-6(10)8-4-3-7(12-2)5-9(8)11/h3-5H,1H2,2H3. The summed E-state index contributed by atoms with van der Waals surface area (Å²) in [6.45, 7) is 3.58. The summed E-state index contributed by atoms with van der Waals surface area (Å²) in [6.07, 6.45) is 0. The molecule has 0 N–H and O–H groups in total. The van der Waals surface area contributed by atoms with Crippen molar-refractivity contribution in [3.05, 3.63) is 36.2 Å². The van der Waals surface area contributed by atoms with Gasteiger partial charge in [0, 0.05) is 16.1 Å². The normalized spacial score (nSPS) is 9.58. The molecule has 0 fully saturated rings. The van der Waals surface area contributed by atoms with E-state index >= 15 is 0 Å². The number of ether oxygens (including phenoxy) is 1. The Bertz CT molecular complexity index is 309. The molecule has 0 saturated heterocycles. The molecule has 1 aromatic carbocycles. The third-order valence-corrected chi connectivity index (χ3v) is 1.90. The van der Waals surface area contributed by atoms with Crippen molar-refractivity contribution in [1.29, 1.82) is 0 Å². The monoisotopic (exact) mass is 230 g/mol. The number of halogens is 2. The largest absolute Gasteiger partial charge is 0.497 e. The fourth-order valence-corrected chi connectivity index (χ4v) is 1.16. The lowest BCUT2D eigenvalue weighted by Crippen LogP contribution is -1.87. The lowest BCUT2D eigenvalue weighted by Gasteiger charge is -2.03. The van der Waals surface area contributed by atoms with Gasteiger partial charge < -0.3 is 4.74 Å². The van der Waals surface area contributed by atoms with Crippen LogP contribution in [0.1, 0.15) is 5.56 Å². The fraction of sp³-hybridized carbons (Fsp3) is 0.111. The van der Waals surface area contributed by atoms with Gasteiger partial charge >= 0.3 is 0 Å². The number of hydrogen-bond donors (Lipinski definition) is 0. The van der Waals surface area contributed by atoms with Crippen LogP contribution < -0.4 is 4.74 Å². The first-order valence-corrected chi connectivity index (χ1v) is 4.12. The van der Waals surface area contributed by atoms with E-state index in [9.17, 15) is 4.39 Å². The Labute approximate surface area is 79.0 Å². The van der Waals surface area contributed by atoms with Crippen LogP contribution in [0.15, 0.2) is 24.8 Å². The summed E-state index contributed by atoms with van der Waals surface area (Å²) in [5, 5.41) is 0. The number of rotatable bonds is 2. The van der Waals surface area contributed by atoms with Crippen LogP contribution >= 0.6 is 15.9 Å². The molecule has 1 aromatic rings. The molecule has 0 atom stereocenters. The van der Waals surface area contributed by atoms with Gasteiger partial charge in [-0.25, -0.2) is 4.39 Å². The third-order valence-electron chi connectivity index (χ3n) is 1.47. The summed E-state index contributed by atoms with van der Waals surface area (Å²) in [5.41, 5.74) is 0.454. The van der Waals surface area contributed by atoms with E-state index in [2.05, 4.69) is 22.5 Å². The summed E-state index contributed by atoms with van der Waals surface area (Å²) in [7, 11) is 1.50. The lowest BCUT2D eigenvalue weighted by molar-refractivity contribution is 0.411. The minimum absolute atomic E-state index is 0.337. The second kappa shape index (κ2) is 3.72. The molecule has 0 amide bonds. The summed E-state index contributed by atoms with van der Waals surface area (Å²) in [4.78, 5) is 0. The Hall–Kier alpha value is -0.830. The second-order valence-corrected chi connectivity index (χ2v) is 3.21. The van der Waals surface area contributed by atoms with Gasteiger partial charge in [0.25, 0.3) is 0 Å². The average molecular weight is 231 g/mol. The van der Waals surface area contributed by atoms with Gasteiger partial charge in [0.05, 0.1) is 7.11 Å². The van der Waals surface area contributed by atoms with Crippen molar-refractivity contribution >= 4 is 20.4 Å². The minimum atomic E-state index is -0.337. The number of methoxy groups -OCH3 is 1. The molecule has 0 aromatic heterocycles. The van der Waals surface area contributed by atoms with Crippen molar-refractivity contribution in [1.82, 2.24) is 0 Å². The first-order chi connectivity index (χ1) is 5.65. The molecule has 0 aliphatic carbocycles. The molecule has 0 bridgehead atoms. The molecule has 3 heteroatoms.